The summed E-state index contributed by atoms with van der Waals surface area (Å²) in [6, 6.07) is 14.0. The van der Waals surface area contributed by atoms with Crippen molar-refractivity contribution in [2.75, 3.05) is 5.32 Å². The second-order valence-electron chi connectivity index (χ2n) is 7.21. The lowest BCUT2D eigenvalue weighted by molar-refractivity contribution is 0.0893. The molecule has 0 bridgehead atoms. The van der Waals surface area contributed by atoms with Gasteiger partial charge in [-0.2, -0.15) is 5.26 Å². The van der Waals surface area contributed by atoms with Crippen molar-refractivity contribution < 1.29 is 4.79 Å². The first-order valence-electron chi connectivity index (χ1n) is 8.74. The molecule has 4 nitrogen and oxygen atoms in total. The SMILES string of the molecule is CCC1(C)CC(=O)c2cc(C#N)c(NC(C)c3ccccc3)nc2C1. The molecule has 1 N–H and O–H groups in total. The van der Waals surface area contributed by atoms with Crippen LogP contribution in [0.25, 0.3) is 0 Å². The summed E-state index contributed by atoms with van der Waals surface area (Å²) in [7, 11) is 0. The third-order valence-corrected chi connectivity index (χ3v) is 5.21. The summed E-state index contributed by atoms with van der Waals surface area (Å²) >= 11 is 0. The van der Waals surface area contributed by atoms with Gasteiger partial charge in [-0.3, -0.25) is 4.79 Å². The average molecular weight is 333 g/mol. The Bertz CT molecular complexity index is 838. The number of hydrogen-bond donors (Lipinski definition) is 1. The zero-order valence-electron chi connectivity index (χ0n) is 15.0. The van der Waals surface area contributed by atoms with Crippen molar-refractivity contribution in [1.82, 2.24) is 4.98 Å². The van der Waals surface area contributed by atoms with E-state index in [9.17, 15) is 10.1 Å². The molecule has 0 fully saturated rings. The van der Waals surface area contributed by atoms with Crippen LogP contribution in [-0.2, 0) is 6.42 Å². The van der Waals surface area contributed by atoms with Crippen LogP contribution in [0.3, 0.4) is 0 Å². The predicted molar refractivity (Wildman–Crippen MR) is 98.5 cm³/mol. The molecule has 2 atom stereocenters. The third kappa shape index (κ3) is 3.41. The topological polar surface area (TPSA) is 65.8 Å². The lowest BCUT2D eigenvalue weighted by Gasteiger charge is -2.32. The molecule has 2 unspecified atom stereocenters. The molecule has 4 heteroatoms. The highest BCUT2D eigenvalue weighted by Crippen LogP contribution is 2.38. The number of Topliss-reactive ketones (excluding diaryl/α,β-unsaturated/α-hetero) is 1. The largest absolute Gasteiger partial charge is 0.362 e. The van der Waals surface area contributed by atoms with Crippen LogP contribution in [0.1, 0.15) is 66.8 Å². The number of rotatable bonds is 4. The summed E-state index contributed by atoms with van der Waals surface area (Å²) < 4.78 is 0. The summed E-state index contributed by atoms with van der Waals surface area (Å²) in [5.41, 5.74) is 2.92. The van der Waals surface area contributed by atoms with E-state index in [1.807, 2.05) is 37.3 Å². The number of pyridine rings is 1. The van der Waals surface area contributed by atoms with Gasteiger partial charge in [0.15, 0.2) is 5.78 Å². The van der Waals surface area contributed by atoms with E-state index in [-0.39, 0.29) is 17.2 Å². The average Bonchev–Trinajstić information content (AvgIpc) is 2.62. The molecule has 3 rings (SSSR count). The third-order valence-electron chi connectivity index (χ3n) is 5.21. The maximum atomic E-state index is 12.5. The maximum Gasteiger partial charge on any atom is 0.165 e. The first-order valence-corrected chi connectivity index (χ1v) is 8.74. The number of carbonyl (C=O) groups excluding carboxylic acids is 1. The summed E-state index contributed by atoms with van der Waals surface area (Å²) in [6.45, 7) is 6.28. The normalized spacial score (nSPS) is 20.5. The van der Waals surface area contributed by atoms with Crippen molar-refractivity contribution in [3.8, 4) is 6.07 Å². The van der Waals surface area contributed by atoms with Gasteiger partial charge in [0, 0.05) is 18.0 Å². The Balaban J connectivity index is 1.97. The first kappa shape index (κ1) is 17.2. The van der Waals surface area contributed by atoms with Crippen molar-refractivity contribution in [2.24, 2.45) is 5.41 Å². The summed E-state index contributed by atoms with van der Waals surface area (Å²) in [5.74, 6) is 0.656. The molecule has 0 radical (unpaired) electrons. The smallest absolute Gasteiger partial charge is 0.165 e. The standard InChI is InChI=1S/C21H23N3O/c1-4-21(3)11-18-17(19(25)12-21)10-16(13-22)20(24-18)23-14(2)15-8-6-5-7-9-15/h5-10,14H,4,11-12H2,1-3H3,(H,23,24). The second-order valence-corrected chi connectivity index (χ2v) is 7.21. The highest BCUT2D eigenvalue weighted by atomic mass is 16.1. The Kier molecular flexibility index (Phi) is 4.59. The van der Waals surface area contributed by atoms with Gasteiger partial charge in [-0.25, -0.2) is 4.98 Å². The van der Waals surface area contributed by atoms with Gasteiger partial charge in [0.05, 0.1) is 11.3 Å². The molecule has 0 spiro atoms. The fourth-order valence-corrected chi connectivity index (χ4v) is 3.35. The number of nitriles is 1. The number of fused-ring (bicyclic) bond motifs is 1. The molecule has 0 amide bonds. The van der Waals surface area contributed by atoms with Crippen LogP contribution in [0, 0.1) is 16.7 Å². The maximum absolute atomic E-state index is 12.5. The molecule has 2 aromatic rings. The minimum atomic E-state index is -0.0481. The summed E-state index contributed by atoms with van der Waals surface area (Å²) in [4.78, 5) is 17.2. The Morgan fingerprint density at radius 3 is 2.68 bits per heavy atom. The minimum Gasteiger partial charge on any atom is -0.362 e. The van der Waals surface area contributed by atoms with Gasteiger partial charge in [0.1, 0.15) is 11.9 Å². The van der Waals surface area contributed by atoms with Crippen LogP contribution >= 0.6 is 0 Å². The van der Waals surface area contributed by atoms with Crippen molar-refractivity contribution in [1.29, 1.82) is 5.26 Å². The Morgan fingerprint density at radius 1 is 1.32 bits per heavy atom. The van der Waals surface area contributed by atoms with Crippen LogP contribution in [0.15, 0.2) is 36.4 Å². The van der Waals surface area contributed by atoms with Gasteiger partial charge in [0.25, 0.3) is 0 Å². The number of anilines is 1. The van der Waals surface area contributed by atoms with Crippen molar-refractivity contribution in [3.63, 3.8) is 0 Å². The monoisotopic (exact) mass is 333 g/mol. The number of benzene rings is 1. The van der Waals surface area contributed by atoms with Crippen LogP contribution in [0.5, 0.6) is 0 Å². The molecule has 0 aliphatic heterocycles. The predicted octanol–water partition coefficient (Wildman–Crippen LogP) is 4.67. The zero-order valence-corrected chi connectivity index (χ0v) is 15.0. The molecular weight excluding hydrogens is 310 g/mol. The molecular formula is C21H23N3O. The van der Waals surface area contributed by atoms with Gasteiger partial charge >= 0.3 is 0 Å². The minimum absolute atomic E-state index is 0.0238. The Morgan fingerprint density at radius 2 is 2.04 bits per heavy atom. The quantitative estimate of drug-likeness (QED) is 0.883. The lowest BCUT2D eigenvalue weighted by atomic mass is 9.72. The van der Waals surface area contributed by atoms with Gasteiger partial charge < -0.3 is 5.32 Å². The molecule has 128 valence electrons. The van der Waals surface area contributed by atoms with E-state index in [2.05, 4.69) is 30.2 Å². The van der Waals surface area contributed by atoms with E-state index in [0.717, 1.165) is 24.1 Å². The molecule has 0 saturated carbocycles. The Labute approximate surface area is 148 Å². The number of nitrogens with zero attached hydrogens (tertiary/aromatic N) is 2. The van der Waals surface area contributed by atoms with Crippen molar-refractivity contribution in [3.05, 3.63) is 58.8 Å². The first-order chi connectivity index (χ1) is 12.0. The highest BCUT2D eigenvalue weighted by Gasteiger charge is 2.35. The fourth-order valence-electron chi connectivity index (χ4n) is 3.35. The van der Waals surface area contributed by atoms with E-state index in [1.165, 1.54) is 0 Å². The van der Waals surface area contributed by atoms with Crippen LogP contribution < -0.4 is 5.32 Å². The molecule has 0 saturated heterocycles. The molecule has 1 aliphatic rings. The van der Waals surface area contributed by atoms with E-state index in [0.29, 0.717) is 23.4 Å². The van der Waals surface area contributed by atoms with Gasteiger partial charge in [-0.1, -0.05) is 44.2 Å². The van der Waals surface area contributed by atoms with Gasteiger partial charge in [-0.05, 0) is 36.8 Å². The van der Waals surface area contributed by atoms with E-state index >= 15 is 0 Å². The van der Waals surface area contributed by atoms with E-state index in [4.69, 9.17) is 0 Å². The Hall–Kier alpha value is -2.67. The molecule has 1 aliphatic carbocycles. The molecule has 1 heterocycles. The number of nitrogens with one attached hydrogen (secondary N) is 1. The highest BCUT2D eigenvalue weighted by molar-refractivity contribution is 5.99. The van der Waals surface area contributed by atoms with Crippen LogP contribution in [0.2, 0.25) is 0 Å². The van der Waals surface area contributed by atoms with Crippen molar-refractivity contribution >= 4 is 11.6 Å². The number of carbonyl (C=O) groups is 1. The molecule has 1 aromatic heterocycles. The summed E-state index contributed by atoms with van der Waals surface area (Å²) in [5, 5.41) is 12.8. The zero-order chi connectivity index (χ0) is 18.0. The summed E-state index contributed by atoms with van der Waals surface area (Å²) in [6.07, 6.45) is 2.23. The number of hydrogen-bond acceptors (Lipinski definition) is 4. The number of aromatic nitrogens is 1. The molecule has 1 aromatic carbocycles. The van der Waals surface area contributed by atoms with Crippen molar-refractivity contribution in [2.45, 2.75) is 46.1 Å². The van der Waals surface area contributed by atoms with Crippen LogP contribution in [0.4, 0.5) is 5.82 Å². The molecule has 25 heavy (non-hydrogen) atoms. The van der Waals surface area contributed by atoms with Gasteiger partial charge in [0.2, 0.25) is 0 Å². The van der Waals surface area contributed by atoms with Gasteiger partial charge in [-0.15, -0.1) is 0 Å². The van der Waals surface area contributed by atoms with Crippen LogP contribution in [-0.4, -0.2) is 10.8 Å². The van der Waals surface area contributed by atoms with E-state index in [1.54, 1.807) is 6.07 Å². The fraction of sp³-hybridized carbons (Fsp3) is 0.381. The lowest BCUT2D eigenvalue weighted by Crippen LogP contribution is -2.30. The number of ketones is 1. The van der Waals surface area contributed by atoms with E-state index < -0.39 is 0 Å². The second kappa shape index (κ2) is 6.68.